The summed E-state index contributed by atoms with van der Waals surface area (Å²) in [4.78, 5) is 30.3. The van der Waals surface area contributed by atoms with E-state index in [9.17, 15) is 0 Å². The maximum Gasteiger partial charge on any atom is 0.164 e. The van der Waals surface area contributed by atoms with Crippen molar-refractivity contribution in [2.24, 2.45) is 0 Å². The molecule has 6 heteroatoms. The lowest BCUT2D eigenvalue weighted by Crippen LogP contribution is -2.00. The van der Waals surface area contributed by atoms with Gasteiger partial charge in [0.05, 0.1) is 0 Å². The lowest BCUT2D eigenvalue weighted by molar-refractivity contribution is 1.07. The number of nitrogens with zero attached hydrogens (tertiary/aromatic N) is 6. The number of rotatable bonds is 10. The van der Waals surface area contributed by atoms with Crippen molar-refractivity contribution in [3.63, 3.8) is 0 Å². The maximum atomic E-state index is 5.14. The fourth-order valence-electron chi connectivity index (χ4n) is 8.22. The van der Waals surface area contributed by atoms with Crippen molar-refractivity contribution in [1.29, 1.82) is 0 Å². The largest absolute Gasteiger partial charge is 0.208 e. The van der Waals surface area contributed by atoms with E-state index in [2.05, 4.69) is 170 Å². The van der Waals surface area contributed by atoms with Gasteiger partial charge in [-0.3, -0.25) is 0 Å². The molecule has 11 rings (SSSR count). The Labute approximate surface area is 383 Å². The van der Waals surface area contributed by atoms with Crippen molar-refractivity contribution in [1.82, 2.24) is 29.9 Å². The quantitative estimate of drug-likeness (QED) is 0.136. The monoisotopic (exact) mass is 844 g/mol. The molecular formula is C60H40N6. The van der Waals surface area contributed by atoms with Crippen molar-refractivity contribution >= 4 is 0 Å². The molecule has 6 nitrogen and oxygen atoms in total. The number of hydrogen-bond donors (Lipinski definition) is 0. The minimum absolute atomic E-state index is 0.592. The molecule has 0 saturated carbocycles. The van der Waals surface area contributed by atoms with Crippen LogP contribution in [0.1, 0.15) is 0 Å². The first kappa shape index (κ1) is 39.8. The van der Waals surface area contributed by atoms with Crippen LogP contribution in [0.2, 0.25) is 0 Å². The van der Waals surface area contributed by atoms with Crippen LogP contribution in [0.5, 0.6) is 0 Å². The average molecular weight is 845 g/mol. The smallest absolute Gasteiger partial charge is 0.164 e. The zero-order valence-electron chi connectivity index (χ0n) is 35.8. The van der Waals surface area contributed by atoms with Gasteiger partial charge < -0.3 is 0 Å². The van der Waals surface area contributed by atoms with E-state index in [0.29, 0.717) is 34.9 Å². The molecule has 0 amide bonds. The molecule has 9 aromatic carbocycles. The van der Waals surface area contributed by atoms with Gasteiger partial charge in [0.1, 0.15) is 0 Å². The Morgan fingerprint density at radius 2 is 0.364 bits per heavy atom. The van der Waals surface area contributed by atoms with E-state index >= 15 is 0 Å². The van der Waals surface area contributed by atoms with Crippen molar-refractivity contribution in [3.8, 4) is 113 Å². The Hall–Kier alpha value is -9.00. The SMILES string of the molecule is c1ccc(-c2ccc(-c3nc(-c4ccc(-c5ccccc5)cc4)nc(-c4cccc(-c5ccccc5-c5cccc(-c6nc(-c7ccccc7)nc(-c7ccccc7)n6)c5)c4)n3)cc2)cc1. The van der Waals surface area contributed by atoms with Crippen LogP contribution in [-0.4, -0.2) is 29.9 Å². The van der Waals surface area contributed by atoms with Crippen LogP contribution in [0.15, 0.2) is 243 Å². The van der Waals surface area contributed by atoms with E-state index in [1.807, 2.05) is 72.8 Å². The van der Waals surface area contributed by atoms with Gasteiger partial charge in [0.25, 0.3) is 0 Å². The molecule has 0 aliphatic heterocycles. The average Bonchev–Trinajstić information content (AvgIpc) is 3.42. The summed E-state index contributed by atoms with van der Waals surface area (Å²) in [5.74, 6) is 3.66. The summed E-state index contributed by atoms with van der Waals surface area (Å²) in [5, 5.41) is 0. The van der Waals surface area contributed by atoms with Crippen LogP contribution in [0.4, 0.5) is 0 Å². The summed E-state index contributed by atoms with van der Waals surface area (Å²) in [6.07, 6.45) is 0. The standard InChI is InChI=1S/C60H40N6/c1-5-17-41(18-6-1)43-31-35-47(36-32-43)57-62-58(48-37-33-44(34-38-48)42-19-7-2-8-20-42)66-60(65-57)52-28-16-26-50(40-52)54-30-14-13-29-53(54)49-25-15-27-51(39-49)59-63-55(45-21-9-3-10-22-45)61-56(64-59)46-23-11-4-12-24-46/h1-40H. The highest BCUT2D eigenvalue weighted by atomic mass is 15.0. The molecule has 310 valence electrons. The van der Waals surface area contributed by atoms with E-state index in [0.717, 1.165) is 77.9 Å². The van der Waals surface area contributed by atoms with Gasteiger partial charge in [0, 0.05) is 33.4 Å². The molecule has 0 radical (unpaired) electrons. The summed E-state index contributed by atoms with van der Waals surface area (Å²) < 4.78 is 0. The Balaban J connectivity index is 0.977. The van der Waals surface area contributed by atoms with E-state index in [-0.39, 0.29) is 0 Å². The third-order valence-corrected chi connectivity index (χ3v) is 11.6. The fraction of sp³-hybridized carbons (Fsp3) is 0. The first-order chi connectivity index (χ1) is 32.7. The van der Waals surface area contributed by atoms with Gasteiger partial charge in [-0.05, 0) is 56.6 Å². The van der Waals surface area contributed by atoms with Gasteiger partial charge >= 0.3 is 0 Å². The van der Waals surface area contributed by atoms with Gasteiger partial charge in [0.2, 0.25) is 0 Å². The molecular weight excluding hydrogens is 805 g/mol. The molecule has 2 aromatic heterocycles. The van der Waals surface area contributed by atoms with Crippen LogP contribution >= 0.6 is 0 Å². The van der Waals surface area contributed by atoms with E-state index in [1.54, 1.807) is 0 Å². The summed E-state index contributed by atoms with van der Waals surface area (Å²) in [7, 11) is 0. The van der Waals surface area contributed by atoms with Crippen molar-refractivity contribution < 1.29 is 0 Å². The van der Waals surface area contributed by atoms with Gasteiger partial charge in [-0.25, -0.2) is 29.9 Å². The molecule has 0 atom stereocenters. The Kier molecular flexibility index (Phi) is 10.9. The van der Waals surface area contributed by atoms with Gasteiger partial charge in [-0.2, -0.15) is 0 Å². The zero-order valence-corrected chi connectivity index (χ0v) is 35.8. The second kappa shape index (κ2) is 18.0. The first-order valence-corrected chi connectivity index (χ1v) is 21.9. The van der Waals surface area contributed by atoms with E-state index < -0.39 is 0 Å². The van der Waals surface area contributed by atoms with Crippen molar-refractivity contribution in [2.45, 2.75) is 0 Å². The first-order valence-electron chi connectivity index (χ1n) is 21.9. The topological polar surface area (TPSA) is 77.3 Å². The molecule has 0 spiro atoms. The summed E-state index contributed by atoms with van der Waals surface area (Å²) in [6, 6.07) is 83.1. The maximum absolute atomic E-state index is 5.14. The van der Waals surface area contributed by atoms with Crippen LogP contribution < -0.4 is 0 Å². The van der Waals surface area contributed by atoms with E-state index in [4.69, 9.17) is 29.9 Å². The van der Waals surface area contributed by atoms with Gasteiger partial charge in [-0.15, -0.1) is 0 Å². The highest BCUT2D eigenvalue weighted by molar-refractivity contribution is 5.86. The highest BCUT2D eigenvalue weighted by Gasteiger charge is 2.17. The molecule has 0 unspecified atom stereocenters. The summed E-state index contributed by atoms with van der Waals surface area (Å²) in [5.41, 5.74) is 14.3. The van der Waals surface area contributed by atoms with Crippen LogP contribution in [0.25, 0.3) is 113 Å². The zero-order chi connectivity index (χ0) is 44.1. The van der Waals surface area contributed by atoms with Crippen LogP contribution in [0, 0.1) is 0 Å². The Bertz CT molecular complexity index is 3270. The van der Waals surface area contributed by atoms with Crippen molar-refractivity contribution in [2.75, 3.05) is 0 Å². The predicted octanol–water partition coefficient (Wildman–Crippen LogP) is 14.7. The molecule has 0 bridgehead atoms. The Morgan fingerprint density at radius 3 is 0.697 bits per heavy atom. The van der Waals surface area contributed by atoms with Crippen molar-refractivity contribution in [3.05, 3.63) is 243 Å². The lowest BCUT2D eigenvalue weighted by Gasteiger charge is -2.14. The number of aromatic nitrogens is 6. The lowest BCUT2D eigenvalue weighted by atomic mass is 9.93. The van der Waals surface area contributed by atoms with E-state index in [1.165, 1.54) is 0 Å². The summed E-state index contributed by atoms with van der Waals surface area (Å²) in [6.45, 7) is 0. The molecule has 66 heavy (non-hydrogen) atoms. The third-order valence-electron chi connectivity index (χ3n) is 11.6. The highest BCUT2D eigenvalue weighted by Crippen LogP contribution is 2.37. The molecule has 0 aliphatic carbocycles. The molecule has 0 fully saturated rings. The van der Waals surface area contributed by atoms with Gasteiger partial charge in [0.15, 0.2) is 34.9 Å². The second-order valence-electron chi connectivity index (χ2n) is 15.9. The normalized spacial score (nSPS) is 11.0. The predicted molar refractivity (Wildman–Crippen MR) is 268 cm³/mol. The van der Waals surface area contributed by atoms with Gasteiger partial charge in [-0.1, -0.05) is 231 Å². The van der Waals surface area contributed by atoms with Crippen LogP contribution in [-0.2, 0) is 0 Å². The minimum atomic E-state index is 0.592. The molecule has 0 aliphatic rings. The fourth-order valence-corrected chi connectivity index (χ4v) is 8.22. The van der Waals surface area contributed by atoms with Crippen LogP contribution in [0.3, 0.4) is 0 Å². The number of hydrogen-bond acceptors (Lipinski definition) is 6. The minimum Gasteiger partial charge on any atom is -0.208 e. The Morgan fingerprint density at radius 1 is 0.152 bits per heavy atom. The number of benzene rings is 9. The second-order valence-corrected chi connectivity index (χ2v) is 15.9. The molecule has 0 N–H and O–H groups in total. The molecule has 11 aromatic rings. The third kappa shape index (κ3) is 8.42. The molecule has 0 saturated heterocycles. The summed E-state index contributed by atoms with van der Waals surface area (Å²) >= 11 is 0. The molecule has 2 heterocycles.